The fourth-order valence-electron chi connectivity index (χ4n) is 2.75. The molecule has 1 aromatic heterocycles. The van der Waals surface area contributed by atoms with Gasteiger partial charge in [0.05, 0.1) is 11.1 Å². The summed E-state index contributed by atoms with van der Waals surface area (Å²) in [5, 5.41) is 2.48. The number of hydrogen-bond acceptors (Lipinski definition) is 3. The highest BCUT2D eigenvalue weighted by Gasteiger charge is 2.32. The van der Waals surface area contributed by atoms with Crippen molar-refractivity contribution in [2.24, 2.45) is 0 Å². The molecule has 11 heteroatoms. The molecular formula is C21H13BrF6N2O2. The van der Waals surface area contributed by atoms with E-state index >= 15 is 0 Å². The second kappa shape index (κ2) is 9.19. The summed E-state index contributed by atoms with van der Waals surface area (Å²) in [6.07, 6.45) is -6.76. The van der Waals surface area contributed by atoms with Crippen LogP contribution in [0.1, 0.15) is 21.5 Å². The van der Waals surface area contributed by atoms with Crippen LogP contribution in [-0.4, -0.2) is 17.3 Å². The highest BCUT2D eigenvalue weighted by molar-refractivity contribution is 9.10. The van der Waals surface area contributed by atoms with Crippen molar-refractivity contribution in [2.75, 3.05) is 0 Å². The monoisotopic (exact) mass is 518 g/mol. The van der Waals surface area contributed by atoms with Gasteiger partial charge in [-0.05, 0) is 35.9 Å². The van der Waals surface area contributed by atoms with Crippen LogP contribution < -0.4 is 10.1 Å². The van der Waals surface area contributed by atoms with Gasteiger partial charge in [0.2, 0.25) is 0 Å². The lowest BCUT2D eigenvalue weighted by Gasteiger charge is -2.14. The number of ether oxygens (including phenoxy) is 1. The molecule has 0 atom stereocenters. The number of amides is 1. The molecule has 0 aliphatic carbocycles. The fourth-order valence-corrected chi connectivity index (χ4v) is 3.09. The van der Waals surface area contributed by atoms with Crippen molar-refractivity contribution in [2.45, 2.75) is 19.1 Å². The maximum absolute atomic E-state index is 12.7. The number of hydrogen-bond donors (Lipinski definition) is 1. The summed E-state index contributed by atoms with van der Waals surface area (Å²) in [4.78, 5) is 16.4. The molecule has 0 saturated heterocycles. The van der Waals surface area contributed by atoms with E-state index in [0.717, 1.165) is 18.2 Å². The number of rotatable bonds is 5. The number of halogens is 7. The zero-order valence-electron chi connectivity index (χ0n) is 15.9. The molecule has 168 valence electrons. The maximum Gasteiger partial charge on any atom is 0.573 e. The predicted molar refractivity (Wildman–Crippen MR) is 107 cm³/mol. The largest absolute Gasteiger partial charge is 0.573 e. The number of aromatic nitrogens is 1. The van der Waals surface area contributed by atoms with Crippen molar-refractivity contribution in [3.05, 3.63) is 82.1 Å². The standard InChI is InChI=1S/C21H13BrF6N2O2/c22-17-6-3-13(18(8-17)32-21(26,27)28)11-30-19(31)15-7-14(9-29-10-15)12-1-4-16(5-2-12)20(23,24)25/h1-10H,11H2,(H,30,31). The third-order valence-electron chi connectivity index (χ3n) is 4.24. The van der Waals surface area contributed by atoms with Crippen molar-refractivity contribution in [3.63, 3.8) is 0 Å². The van der Waals surface area contributed by atoms with Gasteiger partial charge in [-0.25, -0.2) is 0 Å². The lowest BCUT2D eigenvalue weighted by atomic mass is 10.0. The smallest absolute Gasteiger partial charge is 0.405 e. The number of alkyl halides is 6. The highest BCUT2D eigenvalue weighted by atomic mass is 79.9. The molecule has 0 spiro atoms. The van der Waals surface area contributed by atoms with Gasteiger partial charge < -0.3 is 10.1 Å². The van der Waals surface area contributed by atoms with Gasteiger partial charge in [-0.15, -0.1) is 13.2 Å². The Bertz CT molecular complexity index is 1110. The Morgan fingerprint density at radius 1 is 0.938 bits per heavy atom. The van der Waals surface area contributed by atoms with Crippen LogP contribution >= 0.6 is 15.9 Å². The minimum Gasteiger partial charge on any atom is -0.405 e. The summed E-state index contributed by atoms with van der Waals surface area (Å²) in [7, 11) is 0. The Morgan fingerprint density at radius 2 is 1.62 bits per heavy atom. The Kier molecular flexibility index (Phi) is 6.77. The number of pyridine rings is 1. The van der Waals surface area contributed by atoms with E-state index in [4.69, 9.17) is 0 Å². The van der Waals surface area contributed by atoms with Gasteiger partial charge >= 0.3 is 12.5 Å². The van der Waals surface area contributed by atoms with Gasteiger partial charge in [0.15, 0.2) is 0 Å². The molecule has 0 fully saturated rings. The first-order valence-electron chi connectivity index (χ1n) is 8.87. The van der Waals surface area contributed by atoms with E-state index in [2.05, 4.69) is 31.0 Å². The first-order valence-corrected chi connectivity index (χ1v) is 9.67. The summed E-state index contributed by atoms with van der Waals surface area (Å²) < 4.78 is 80.4. The van der Waals surface area contributed by atoms with Gasteiger partial charge in [0, 0.05) is 34.5 Å². The van der Waals surface area contributed by atoms with Crippen molar-refractivity contribution in [1.29, 1.82) is 0 Å². The molecule has 1 heterocycles. The normalized spacial score (nSPS) is 11.8. The van der Waals surface area contributed by atoms with Crippen molar-refractivity contribution >= 4 is 21.8 Å². The average Bonchev–Trinajstić information content (AvgIpc) is 2.71. The number of carbonyl (C=O) groups excluding carboxylic acids is 1. The minimum absolute atomic E-state index is 0.0813. The maximum atomic E-state index is 12.7. The Labute approximate surface area is 186 Å². The van der Waals surface area contributed by atoms with E-state index in [1.165, 1.54) is 42.7 Å². The van der Waals surface area contributed by atoms with Gasteiger partial charge in [-0.3, -0.25) is 9.78 Å². The van der Waals surface area contributed by atoms with E-state index in [0.29, 0.717) is 15.6 Å². The summed E-state index contributed by atoms with van der Waals surface area (Å²) in [6, 6.07) is 9.74. The number of benzene rings is 2. The third kappa shape index (κ3) is 6.22. The second-order valence-corrected chi connectivity index (χ2v) is 7.44. The van der Waals surface area contributed by atoms with E-state index in [1.807, 2.05) is 0 Å². The molecule has 2 aromatic carbocycles. The lowest BCUT2D eigenvalue weighted by molar-refractivity contribution is -0.274. The van der Waals surface area contributed by atoms with Crippen LogP contribution in [0, 0.1) is 0 Å². The van der Waals surface area contributed by atoms with Crippen LogP contribution in [0.4, 0.5) is 26.3 Å². The quantitative estimate of drug-likeness (QED) is 0.400. The van der Waals surface area contributed by atoms with Crippen LogP contribution in [0.15, 0.2) is 65.4 Å². The van der Waals surface area contributed by atoms with Crippen molar-refractivity contribution in [1.82, 2.24) is 10.3 Å². The molecular weight excluding hydrogens is 506 g/mol. The lowest BCUT2D eigenvalue weighted by Crippen LogP contribution is -2.24. The Hall–Kier alpha value is -3.08. The van der Waals surface area contributed by atoms with Crippen LogP contribution in [0.5, 0.6) is 5.75 Å². The van der Waals surface area contributed by atoms with Crippen LogP contribution in [-0.2, 0) is 12.7 Å². The highest BCUT2D eigenvalue weighted by Crippen LogP contribution is 2.31. The molecule has 4 nitrogen and oxygen atoms in total. The molecule has 0 aliphatic heterocycles. The number of nitrogens with one attached hydrogen (secondary N) is 1. The van der Waals surface area contributed by atoms with E-state index in [1.54, 1.807) is 0 Å². The topological polar surface area (TPSA) is 51.2 Å². The Balaban J connectivity index is 1.75. The summed E-state index contributed by atoms with van der Waals surface area (Å²) in [5.41, 5.74) is 0.169. The number of carbonyl (C=O) groups is 1. The molecule has 1 N–H and O–H groups in total. The predicted octanol–water partition coefficient (Wildman–Crippen LogP) is 6.36. The number of nitrogens with zero attached hydrogens (tertiary/aromatic N) is 1. The third-order valence-corrected chi connectivity index (χ3v) is 4.73. The first-order chi connectivity index (χ1) is 14.9. The minimum atomic E-state index is -4.90. The molecule has 0 unspecified atom stereocenters. The molecule has 0 aliphatic rings. The molecule has 3 rings (SSSR count). The summed E-state index contributed by atoms with van der Waals surface area (Å²) in [6.45, 7) is -0.262. The molecule has 32 heavy (non-hydrogen) atoms. The Morgan fingerprint density at radius 3 is 2.25 bits per heavy atom. The van der Waals surface area contributed by atoms with Crippen LogP contribution in [0.3, 0.4) is 0 Å². The van der Waals surface area contributed by atoms with Crippen LogP contribution in [0.2, 0.25) is 0 Å². The fraction of sp³-hybridized carbons (Fsp3) is 0.143. The van der Waals surface area contributed by atoms with Gasteiger partial charge in [0.1, 0.15) is 5.75 Å². The first kappa shape index (κ1) is 23.6. The zero-order valence-corrected chi connectivity index (χ0v) is 17.5. The van der Waals surface area contributed by atoms with Gasteiger partial charge in [-0.2, -0.15) is 13.2 Å². The van der Waals surface area contributed by atoms with Gasteiger partial charge in [-0.1, -0.05) is 34.1 Å². The molecule has 0 radical (unpaired) electrons. The summed E-state index contributed by atoms with van der Waals surface area (Å²) >= 11 is 3.06. The van der Waals surface area contributed by atoms with E-state index < -0.39 is 29.8 Å². The van der Waals surface area contributed by atoms with E-state index in [-0.39, 0.29) is 17.7 Å². The molecule has 3 aromatic rings. The second-order valence-electron chi connectivity index (χ2n) is 6.52. The van der Waals surface area contributed by atoms with E-state index in [9.17, 15) is 31.1 Å². The molecule has 0 bridgehead atoms. The molecule has 1 amide bonds. The SMILES string of the molecule is O=C(NCc1ccc(Br)cc1OC(F)(F)F)c1cncc(-c2ccc(C(F)(F)F)cc2)c1. The van der Waals surface area contributed by atoms with Crippen molar-refractivity contribution in [3.8, 4) is 16.9 Å². The average molecular weight is 519 g/mol. The zero-order chi connectivity index (χ0) is 23.5. The van der Waals surface area contributed by atoms with Gasteiger partial charge in [0.25, 0.3) is 5.91 Å². The van der Waals surface area contributed by atoms with Crippen molar-refractivity contribution < 1.29 is 35.9 Å². The van der Waals surface area contributed by atoms with Crippen LogP contribution in [0.25, 0.3) is 11.1 Å². The summed E-state index contributed by atoms with van der Waals surface area (Å²) in [5.74, 6) is -1.10. The molecule has 0 saturated carbocycles.